The van der Waals surface area contributed by atoms with Crippen LogP contribution in [0.4, 0.5) is 11.4 Å². The van der Waals surface area contributed by atoms with Gasteiger partial charge in [0.15, 0.2) is 22.9 Å². The zero-order valence-electron chi connectivity index (χ0n) is 29.5. The first-order chi connectivity index (χ1) is 25.6. The minimum absolute atomic E-state index is 0.0564. The van der Waals surface area contributed by atoms with E-state index in [9.17, 15) is 35.1 Å². The van der Waals surface area contributed by atoms with E-state index in [-0.39, 0.29) is 40.4 Å². The van der Waals surface area contributed by atoms with E-state index in [1.807, 2.05) is 6.92 Å². The molecule has 0 spiro atoms. The van der Waals surface area contributed by atoms with Gasteiger partial charge in [-0.25, -0.2) is 9.59 Å². The van der Waals surface area contributed by atoms with Crippen LogP contribution >= 0.6 is 23.5 Å². The Morgan fingerprint density at radius 3 is 2.17 bits per heavy atom. The quantitative estimate of drug-likeness (QED) is 0.0845. The zero-order valence-corrected chi connectivity index (χ0v) is 31.1. The van der Waals surface area contributed by atoms with Crippen molar-refractivity contribution in [3.05, 3.63) is 44.1 Å². The number of ether oxygens (including phenoxy) is 1. The molecule has 3 aliphatic heterocycles. The molecule has 0 fully saturated rings. The van der Waals surface area contributed by atoms with Gasteiger partial charge in [-0.1, -0.05) is 25.5 Å². The van der Waals surface area contributed by atoms with E-state index in [0.29, 0.717) is 54.9 Å². The summed E-state index contributed by atoms with van der Waals surface area (Å²) in [6.07, 6.45) is 4.24. The van der Waals surface area contributed by atoms with Crippen LogP contribution in [-0.4, -0.2) is 73.8 Å². The number of benzene rings is 5. The molecule has 12 nitrogen and oxygen atoms in total. The van der Waals surface area contributed by atoms with Crippen LogP contribution in [0.3, 0.4) is 0 Å². The number of carboxylic acid groups (broad SMARTS) is 2. The Balaban J connectivity index is 1.68. The highest BCUT2D eigenvalue weighted by Crippen LogP contribution is 2.57. The molecule has 4 unspecified atom stereocenters. The SMILES string of the molecule is CCC1Nc2c(c3c4c(c(CO)c5c6c(CO)c7c(c8c(O)c(OC)c9c(c(c2C=C(C)C9)c35)c86)=NC(C(=O)O)CS7)CSC(C(=O)O)N=4)NC1CC. The number of aliphatic hydroxyl groups excluding tert-OH is 2. The number of nitrogens with zero attached hydrogens (tertiary/aromatic N) is 2. The van der Waals surface area contributed by atoms with E-state index in [4.69, 9.17) is 14.7 Å². The normalized spacial score (nSPS) is 21.7. The van der Waals surface area contributed by atoms with Crippen molar-refractivity contribution in [2.45, 2.75) is 87.4 Å². The van der Waals surface area contributed by atoms with Crippen LogP contribution < -0.4 is 26.1 Å². The number of phenolic OH excluding ortho intramolecular Hbond substituents is 1. The lowest BCUT2D eigenvalue weighted by Gasteiger charge is -2.38. The Labute approximate surface area is 311 Å². The van der Waals surface area contributed by atoms with Crippen LogP contribution in [0, 0.1) is 0 Å². The van der Waals surface area contributed by atoms with E-state index in [1.165, 1.54) is 30.6 Å². The van der Waals surface area contributed by atoms with Crippen molar-refractivity contribution in [2.75, 3.05) is 23.5 Å². The van der Waals surface area contributed by atoms with Crippen molar-refractivity contribution in [2.24, 2.45) is 9.98 Å². The minimum Gasteiger partial charge on any atom is -0.504 e. The third-order valence-electron chi connectivity index (χ3n) is 11.5. The van der Waals surface area contributed by atoms with Crippen LogP contribution in [0.2, 0.25) is 0 Å². The van der Waals surface area contributed by atoms with Crippen molar-refractivity contribution in [3.63, 3.8) is 0 Å². The van der Waals surface area contributed by atoms with Crippen molar-refractivity contribution < 1.29 is 39.9 Å². The van der Waals surface area contributed by atoms with Crippen molar-refractivity contribution in [1.29, 1.82) is 0 Å². The number of carbonyl (C=O) groups is 2. The largest absolute Gasteiger partial charge is 0.504 e. The third kappa shape index (κ3) is 4.52. The molecule has 0 amide bonds. The van der Waals surface area contributed by atoms with Crippen molar-refractivity contribution in [1.82, 2.24) is 0 Å². The number of fused-ring (bicyclic) bond motifs is 8. The van der Waals surface area contributed by atoms with Gasteiger partial charge < -0.3 is 40.9 Å². The lowest BCUT2D eigenvalue weighted by Crippen LogP contribution is -2.43. The molecule has 5 aromatic rings. The average molecular weight is 755 g/mol. The van der Waals surface area contributed by atoms with Crippen LogP contribution in [0.1, 0.15) is 61.4 Å². The summed E-state index contributed by atoms with van der Waals surface area (Å²) < 4.78 is 6.03. The van der Waals surface area contributed by atoms with Crippen LogP contribution in [0.25, 0.3) is 49.2 Å². The summed E-state index contributed by atoms with van der Waals surface area (Å²) in [7, 11) is 1.50. The Bertz CT molecular complexity index is 2660. The van der Waals surface area contributed by atoms with Gasteiger partial charge in [-0.2, -0.15) is 0 Å². The molecule has 14 heteroatoms. The number of hydrogen-bond donors (Lipinski definition) is 7. The first-order valence-corrected chi connectivity index (χ1v) is 19.8. The average Bonchev–Trinajstić information content (AvgIpc) is 3.31. The van der Waals surface area contributed by atoms with Gasteiger partial charge >= 0.3 is 11.9 Å². The zero-order chi connectivity index (χ0) is 37.2. The Morgan fingerprint density at radius 2 is 1.53 bits per heavy atom. The van der Waals surface area contributed by atoms with Crippen molar-refractivity contribution >= 4 is 96.0 Å². The van der Waals surface area contributed by atoms with Gasteiger partial charge in [0.25, 0.3) is 0 Å². The molecule has 0 radical (unpaired) electrons. The summed E-state index contributed by atoms with van der Waals surface area (Å²) in [4.78, 5) is 35.0. The number of aromatic hydroxyl groups is 1. The second kappa shape index (κ2) is 12.3. The van der Waals surface area contributed by atoms with Gasteiger partial charge in [0, 0.05) is 66.7 Å². The molecule has 1 aliphatic carbocycles. The van der Waals surface area contributed by atoms with E-state index in [0.717, 1.165) is 62.5 Å². The number of phenols is 1. The number of nitrogens with one attached hydrogen (secondary N) is 2. The Morgan fingerprint density at radius 1 is 0.849 bits per heavy atom. The molecule has 4 aliphatic rings. The molecule has 0 saturated carbocycles. The van der Waals surface area contributed by atoms with E-state index < -0.39 is 36.6 Å². The Kier molecular flexibility index (Phi) is 7.93. The van der Waals surface area contributed by atoms with E-state index in [1.54, 1.807) is 0 Å². The summed E-state index contributed by atoms with van der Waals surface area (Å²) in [5, 5.41) is 68.1. The van der Waals surface area contributed by atoms with Gasteiger partial charge in [-0.15, -0.1) is 23.5 Å². The van der Waals surface area contributed by atoms with Gasteiger partial charge in [0.05, 0.1) is 47.8 Å². The number of hydrogen-bond acceptors (Lipinski definition) is 12. The maximum atomic E-state index is 12.5. The molecule has 53 heavy (non-hydrogen) atoms. The number of rotatable bonds is 7. The fourth-order valence-electron chi connectivity index (χ4n) is 9.28. The van der Waals surface area contributed by atoms with Gasteiger partial charge in [-0.05, 0) is 53.5 Å². The van der Waals surface area contributed by atoms with Crippen molar-refractivity contribution in [3.8, 4) is 11.5 Å². The summed E-state index contributed by atoms with van der Waals surface area (Å²) in [5.74, 6) is -1.64. The fraction of sp³-hybridized carbons (Fsp3) is 0.385. The summed E-state index contributed by atoms with van der Waals surface area (Å²) in [6, 6.07) is -0.935. The molecular weight excluding hydrogens is 717 g/mol. The molecule has 7 N–H and O–H groups in total. The maximum Gasteiger partial charge on any atom is 0.338 e. The molecule has 274 valence electrons. The third-order valence-corrected chi connectivity index (χ3v) is 13.8. The second-order valence-corrected chi connectivity index (χ2v) is 16.3. The molecule has 0 saturated heterocycles. The molecular formula is C39H38N4O8S2. The van der Waals surface area contributed by atoms with E-state index >= 15 is 0 Å². The lowest BCUT2D eigenvalue weighted by molar-refractivity contribution is -0.138. The smallest absolute Gasteiger partial charge is 0.338 e. The molecule has 9 rings (SSSR count). The Hall–Kier alpha value is -4.50. The predicted molar refractivity (Wildman–Crippen MR) is 208 cm³/mol. The number of anilines is 2. The number of aliphatic hydroxyl groups is 2. The van der Waals surface area contributed by atoms with Crippen LogP contribution in [0.5, 0.6) is 11.5 Å². The maximum absolute atomic E-state index is 12.5. The first-order valence-electron chi connectivity index (χ1n) is 17.8. The number of aliphatic carboxylic acids is 2. The monoisotopic (exact) mass is 754 g/mol. The molecule has 4 atom stereocenters. The minimum atomic E-state index is -1.09. The lowest BCUT2D eigenvalue weighted by atomic mass is 9.79. The number of thioether (sulfide) groups is 2. The van der Waals surface area contributed by atoms with Crippen LogP contribution in [-0.2, 0) is 35.0 Å². The first kappa shape index (κ1) is 34.3. The molecule has 3 heterocycles. The predicted octanol–water partition coefficient (Wildman–Crippen LogP) is 5.25. The summed E-state index contributed by atoms with van der Waals surface area (Å²) in [5.41, 5.74) is 6.10. The fourth-order valence-corrected chi connectivity index (χ4v) is 11.4. The molecule has 0 aromatic heterocycles. The summed E-state index contributed by atoms with van der Waals surface area (Å²) >= 11 is 2.45. The highest BCUT2D eigenvalue weighted by molar-refractivity contribution is 8.00. The molecule has 0 bridgehead atoms. The highest BCUT2D eigenvalue weighted by atomic mass is 32.2. The summed E-state index contributed by atoms with van der Waals surface area (Å²) in [6.45, 7) is 5.50. The van der Waals surface area contributed by atoms with Gasteiger partial charge in [0.1, 0.15) is 0 Å². The highest BCUT2D eigenvalue weighted by Gasteiger charge is 2.38. The number of carboxylic acids is 2. The van der Waals surface area contributed by atoms with Gasteiger partial charge in [-0.3, -0.25) is 9.98 Å². The van der Waals surface area contributed by atoms with Crippen LogP contribution in [0.15, 0.2) is 20.5 Å². The standard InChI is InChI=1S/C39H38N4O8S2/c1-5-19-20(6-2)41-32-28-26-22-14(31(32)40-19)7-13(3)8-15-23(22)27-25(24(26)16(9-44)18-11-53-37(39(49)50)43-30(18)28)17(10-45)36-33(29(27)34(46)35(15)51-4)42-21(12-52-36)38(47)48/h7,19-21,37,40-41,44-46H,5-6,8-12H2,1-4H3,(H,47,48)(H,49,50). The number of methoxy groups -OCH3 is 1. The topological polar surface area (TPSA) is 193 Å². The van der Waals surface area contributed by atoms with E-state index in [2.05, 4.69) is 30.6 Å². The number of allylic oxidation sites excluding steroid dienone is 1. The molecule has 5 aromatic carbocycles. The second-order valence-electron chi connectivity index (χ2n) is 14.2. The van der Waals surface area contributed by atoms with Gasteiger partial charge in [0.2, 0.25) is 0 Å².